The fourth-order valence-corrected chi connectivity index (χ4v) is 8.12. The van der Waals surface area contributed by atoms with Gasteiger partial charge >= 0.3 is 5.97 Å². The minimum Gasteiger partial charge on any atom is -0.491 e. The molecule has 246 valence electrons. The maximum Gasteiger partial charge on any atom is 0.355 e. The summed E-state index contributed by atoms with van der Waals surface area (Å²) in [5.41, 5.74) is 3.60. The zero-order valence-corrected chi connectivity index (χ0v) is 28.1. The molecule has 7 rings (SSSR count). The summed E-state index contributed by atoms with van der Waals surface area (Å²) in [4.78, 5) is 25.4. The number of ether oxygens (including phenoxy) is 1. The lowest BCUT2D eigenvalue weighted by atomic mass is 10.0. The number of aryl methyl sites for hydroxylation is 1. The first kappa shape index (κ1) is 31.9. The van der Waals surface area contributed by atoms with E-state index in [9.17, 15) is 14.3 Å². The minimum atomic E-state index is -1.09. The lowest BCUT2D eigenvalue weighted by Gasteiger charge is -2.28. The molecule has 0 radical (unpaired) electrons. The molecular weight excluding hydrogens is 650 g/mol. The summed E-state index contributed by atoms with van der Waals surface area (Å²) in [6, 6.07) is 12.7. The Bertz CT molecular complexity index is 2000. The molecule has 1 fully saturated rings. The SMILES string of the molecule is Cc1c(Nc2nc3ccccc3s2)nnc2c1CCCN2c1nc(C(=O)O)c(CCCOc2ccc(C#CC[NH+]3CCCC3)cc2F)s1. The van der Waals surface area contributed by atoms with Crippen LogP contribution in [-0.2, 0) is 12.8 Å². The second kappa shape index (κ2) is 14.2. The maximum atomic E-state index is 14.7. The summed E-state index contributed by atoms with van der Waals surface area (Å²) < 4.78 is 21.5. The second-order valence-electron chi connectivity index (χ2n) is 11.9. The smallest absolute Gasteiger partial charge is 0.355 e. The van der Waals surface area contributed by atoms with Gasteiger partial charge in [-0.2, -0.15) is 0 Å². The van der Waals surface area contributed by atoms with Crippen molar-refractivity contribution in [3.05, 3.63) is 75.5 Å². The van der Waals surface area contributed by atoms with Gasteiger partial charge in [-0.05, 0) is 68.9 Å². The van der Waals surface area contributed by atoms with Crippen LogP contribution in [0.4, 0.5) is 26.3 Å². The summed E-state index contributed by atoms with van der Waals surface area (Å²) in [6.07, 6.45) is 5.10. The summed E-state index contributed by atoms with van der Waals surface area (Å²) in [7, 11) is 0. The molecule has 2 aliphatic heterocycles. The number of carbonyl (C=O) groups is 1. The van der Waals surface area contributed by atoms with E-state index in [0.717, 1.165) is 59.0 Å². The third kappa shape index (κ3) is 6.96. The molecular formula is C35H35FN7O3S2+. The van der Waals surface area contributed by atoms with E-state index >= 15 is 0 Å². The van der Waals surface area contributed by atoms with E-state index in [1.54, 1.807) is 23.5 Å². The Morgan fingerprint density at radius 3 is 2.79 bits per heavy atom. The first-order valence-electron chi connectivity index (χ1n) is 16.2. The van der Waals surface area contributed by atoms with Crippen molar-refractivity contribution in [3.63, 3.8) is 0 Å². The van der Waals surface area contributed by atoms with Gasteiger partial charge in [-0.3, -0.25) is 0 Å². The Balaban J connectivity index is 1.00. The number of anilines is 4. The number of hydrogen-bond donors (Lipinski definition) is 3. The molecule has 0 bridgehead atoms. The molecule has 5 heterocycles. The van der Waals surface area contributed by atoms with Gasteiger partial charge in [0.1, 0.15) is 6.54 Å². The monoisotopic (exact) mass is 684 g/mol. The Morgan fingerprint density at radius 2 is 1.98 bits per heavy atom. The van der Waals surface area contributed by atoms with Crippen LogP contribution in [0.25, 0.3) is 10.2 Å². The molecule has 10 nitrogen and oxygen atoms in total. The predicted molar refractivity (Wildman–Crippen MR) is 186 cm³/mol. The highest BCUT2D eigenvalue weighted by Crippen LogP contribution is 2.39. The van der Waals surface area contributed by atoms with Gasteiger partial charge in [-0.15, -0.1) is 21.5 Å². The summed E-state index contributed by atoms with van der Waals surface area (Å²) in [6.45, 7) is 5.98. The van der Waals surface area contributed by atoms with Crippen LogP contribution in [0.5, 0.6) is 5.75 Å². The average Bonchev–Trinajstić information content (AvgIpc) is 3.85. The van der Waals surface area contributed by atoms with E-state index < -0.39 is 11.8 Å². The van der Waals surface area contributed by atoms with Gasteiger partial charge in [-0.25, -0.2) is 19.2 Å². The minimum absolute atomic E-state index is 0.0193. The van der Waals surface area contributed by atoms with Crippen LogP contribution < -0.4 is 19.9 Å². The van der Waals surface area contributed by atoms with E-state index in [2.05, 4.69) is 37.3 Å². The molecule has 3 N–H and O–H groups in total. The number of nitrogens with one attached hydrogen (secondary N) is 2. The molecule has 0 aliphatic carbocycles. The first-order valence-corrected chi connectivity index (χ1v) is 17.8. The highest BCUT2D eigenvalue weighted by atomic mass is 32.1. The largest absolute Gasteiger partial charge is 0.491 e. The number of halogens is 1. The van der Waals surface area contributed by atoms with E-state index in [-0.39, 0.29) is 18.1 Å². The number of quaternary nitrogens is 1. The number of rotatable bonds is 10. The molecule has 0 saturated carbocycles. The van der Waals surface area contributed by atoms with Crippen LogP contribution in [0.2, 0.25) is 0 Å². The van der Waals surface area contributed by atoms with E-state index in [1.807, 2.05) is 36.1 Å². The number of thiazole rings is 2. The fourth-order valence-electron chi connectivity index (χ4n) is 6.14. The third-order valence-corrected chi connectivity index (χ3v) is 10.7. The standard InChI is InChI=1S/C35H34FN7O3S2/c1-22-24-10-7-19-43(32(24)41-40-31(22)39-34-37-26-11-2-3-12-28(26)47-34)35-38-30(33(44)45)29(48-35)13-8-20-46-27-15-14-23(21-25(27)36)9-6-18-42-16-4-5-17-42/h2-3,11-12,14-15,21H,4-5,7-8,10,13,16-20H2,1H3,(H,44,45)(H,37,39,40)/p+1. The normalized spacial score (nSPS) is 14.5. The van der Waals surface area contributed by atoms with Crippen LogP contribution in [0.1, 0.15) is 57.7 Å². The van der Waals surface area contributed by atoms with Gasteiger partial charge in [0.15, 0.2) is 39.2 Å². The number of likely N-dealkylation sites (tertiary alicyclic amines) is 1. The number of aromatic carboxylic acids is 1. The van der Waals surface area contributed by atoms with Crippen molar-refractivity contribution in [2.45, 2.75) is 45.4 Å². The Labute approximate surface area is 285 Å². The number of hydrogen-bond acceptors (Lipinski definition) is 10. The van der Waals surface area contributed by atoms with Gasteiger partial charge < -0.3 is 25.0 Å². The van der Waals surface area contributed by atoms with Crippen LogP contribution >= 0.6 is 22.7 Å². The molecule has 1 saturated heterocycles. The van der Waals surface area contributed by atoms with E-state index in [4.69, 9.17) is 4.74 Å². The van der Waals surface area contributed by atoms with Gasteiger partial charge in [0.05, 0.1) is 29.9 Å². The maximum absolute atomic E-state index is 14.7. The number of carboxylic acids is 1. The summed E-state index contributed by atoms with van der Waals surface area (Å²) >= 11 is 2.90. The highest BCUT2D eigenvalue weighted by molar-refractivity contribution is 7.22. The number of nitrogens with zero attached hydrogens (tertiary/aromatic N) is 5. The molecule has 5 aromatic rings. The molecule has 0 amide bonds. The molecule has 0 spiro atoms. The molecule has 3 aromatic heterocycles. The molecule has 48 heavy (non-hydrogen) atoms. The van der Waals surface area contributed by atoms with Crippen molar-refractivity contribution >= 4 is 60.8 Å². The molecule has 13 heteroatoms. The number of aromatic nitrogens is 4. The fraction of sp³-hybridized carbons (Fsp3) is 0.343. The molecule has 2 aromatic carbocycles. The summed E-state index contributed by atoms with van der Waals surface area (Å²) in [5.74, 6) is 6.17. The Morgan fingerprint density at radius 1 is 1.12 bits per heavy atom. The van der Waals surface area contributed by atoms with Gasteiger partial charge in [0, 0.05) is 41.0 Å². The molecule has 0 unspecified atom stereocenters. The Hall–Kier alpha value is -4.64. The van der Waals surface area contributed by atoms with Crippen LogP contribution in [0, 0.1) is 24.6 Å². The molecule has 2 aliphatic rings. The Kier molecular flexibility index (Phi) is 9.47. The van der Waals surface area contributed by atoms with Crippen LogP contribution in [-0.4, -0.2) is 64.0 Å². The number of para-hydroxylation sites is 1. The zero-order chi connectivity index (χ0) is 33.0. The number of carboxylic acid groups (broad SMARTS) is 1. The van der Waals surface area contributed by atoms with Gasteiger partial charge in [0.25, 0.3) is 0 Å². The lowest BCUT2D eigenvalue weighted by Crippen LogP contribution is -3.09. The van der Waals surface area contributed by atoms with Crippen LogP contribution in [0.3, 0.4) is 0 Å². The van der Waals surface area contributed by atoms with Crippen molar-refractivity contribution < 1.29 is 23.9 Å². The lowest BCUT2D eigenvalue weighted by molar-refractivity contribution is -0.879. The average molecular weight is 685 g/mol. The third-order valence-electron chi connectivity index (χ3n) is 8.64. The molecule has 0 atom stereocenters. The highest BCUT2D eigenvalue weighted by Gasteiger charge is 2.28. The quantitative estimate of drug-likeness (QED) is 0.128. The second-order valence-corrected chi connectivity index (χ2v) is 14.0. The zero-order valence-electron chi connectivity index (χ0n) is 26.5. The van der Waals surface area contributed by atoms with Crippen molar-refractivity contribution in [2.75, 3.05) is 43.0 Å². The summed E-state index contributed by atoms with van der Waals surface area (Å²) in [5, 5.41) is 23.7. The van der Waals surface area contributed by atoms with E-state index in [0.29, 0.717) is 46.6 Å². The number of fused-ring (bicyclic) bond motifs is 2. The van der Waals surface area contributed by atoms with Crippen molar-refractivity contribution in [1.29, 1.82) is 0 Å². The van der Waals surface area contributed by atoms with Gasteiger partial charge in [-0.1, -0.05) is 29.4 Å². The predicted octanol–water partition coefficient (Wildman–Crippen LogP) is 5.56. The van der Waals surface area contributed by atoms with Crippen molar-refractivity contribution in [3.8, 4) is 17.6 Å². The van der Waals surface area contributed by atoms with Gasteiger partial charge in [0.2, 0.25) is 0 Å². The van der Waals surface area contributed by atoms with Crippen LogP contribution in [0.15, 0.2) is 42.5 Å². The number of benzene rings is 2. The topological polar surface area (TPSA) is 118 Å². The van der Waals surface area contributed by atoms with E-state index in [1.165, 1.54) is 35.1 Å². The first-order chi connectivity index (χ1) is 23.4. The van der Waals surface area contributed by atoms with Crippen molar-refractivity contribution in [1.82, 2.24) is 20.2 Å². The van der Waals surface area contributed by atoms with Crippen molar-refractivity contribution in [2.24, 2.45) is 0 Å².